The van der Waals surface area contributed by atoms with Crippen LogP contribution in [0.1, 0.15) is 26.2 Å². The molecule has 2 unspecified atom stereocenters. The summed E-state index contributed by atoms with van der Waals surface area (Å²) in [6, 6.07) is -0.876. The van der Waals surface area contributed by atoms with E-state index < -0.39 is 23.5 Å². The first-order chi connectivity index (χ1) is 8.28. The van der Waals surface area contributed by atoms with Crippen molar-refractivity contribution in [3.63, 3.8) is 0 Å². The van der Waals surface area contributed by atoms with Gasteiger partial charge in [-0.15, -0.1) is 0 Å². The van der Waals surface area contributed by atoms with Crippen molar-refractivity contribution in [2.75, 3.05) is 20.3 Å². The first kappa shape index (κ1) is 16.8. The van der Waals surface area contributed by atoms with Gasteiger partial charge in [0.05, 0.1) is 11.6 Å². The molecule has 0 saturated heterocycles. The molecule has 0 aliphatic carbocycles. The van der Waals surface area contributed by atoms with Crippen LogP contribution in [0, 0.1) is 0 Å². The van der Waals surface area contributed by atoms with E-state index in [4.69, 9.17) is 15.6 Å². The van der Waals surface area contributed by atoms with Crippen LogP contribution in [0.2, 0.25) is 0 Å². The third-order valence-corrected chi connectivity index (χ3v) is 2.49. The molecule has 5 N–H and O–H groups in total. The Balaban J connectivity index is 3.97. The average molecular weight is 262 g/mol. The van der Waals surface area contributed by atoms with Gasteiger partial charge in [-0.05, 0) is 13.3 Å². The number of amides is 1. The van der Waals surface area contributed by atoms with Crippen molar-refractivity contribution >= 4 is 11.9 Å². The van der Waals surface area contributed by atoms with E-state index in [1.807, 2.05) is 0 Å². The number of ether oxygens (including phenoxy) is 1. The predicted molar refractivity (Wildman–Crippen MR) is 65.0 cm³/mol. The van der Waals surface area contributed by atoms with Crippen molar-refractivity contribution in [1.29, 1.82) is 0 Å². The van der Waals surface area contributed by atoms with Crippen molar-refractivity contribution in [3.8, 4) is 0 Å². The van der Waals surface area contributed by atoms with Gasteiger partial charge in [-0.1, -0.05) is 0 Å². The molecule has 0 rings (SSSR count). The lowest BCUT2D eigenvalue weighted by Crippen LogP contribution is -2.47. The molecule has 7 heteroatoms. The number of nitrogens with one attached hydrogen (secondary N) is 1. The fraction of sp³-hybridized carbons (Fsp3) is 0.818. The number of carboxylic acids is 1. The first-order valence-corrected chi connectivity index (χ1v) is 5.75. The minimum absolute atomic E-state index is 0.0516. The Bertz CT molecular complexity index is 281. The van der Waals surface area contributed by atoms with E-state index in [2.05, 4.69) is 5.32 Å². The highest BCUT2D eigenvalue weighted by Gasteiger charge is 2.22. The second-order valence-corrected chi connectivity index (χ2v) is 4.50. The van der Waals surface area contributed by atoms with Gasteiger partial charge in [0.25, 0.3) is 0 Å². The first-order valence-electron chi connectivity index (χ1n) is 5.75. The summed E-state index contributed by atoms with van der Waals surface area (Å²) in [4.78, 5) is 21.8. The smallest absolute Gasteiger partial charge is 0.303 e. The fourth-order valence-corrected chi connectivity index (χ4v) is 1.23. The number of carboxylic acid groups (broad SMARTS) is 1. The zero-order valence-corrected chi connectivity index (χ0v) is 10.8. The molecule has 1 amide bonds. The van der Waals surface area contributed by atoms with Gasteiger partial charge in [0.2, 0.25) is 5.91 Å². The highest BCUT2D eigenvalue weighted by molar-refractivity contribution is 5.82. The molecular formula is C11H22N2O5. The largest absolute Gasteiger partial charge is 0.481 e. The topological polar surface area (TPSA) is 122 Å². The van der Waals surface area contributed by atoms with Crippen LogP contribution in [0.5, 0.6) is 0 Å². The molecule has 0 bridgehead atoms. The van der Waals surface area contributed by atoms with E-state index in [-0.39, 0.29) is 19.4 Å². The minimum Gasteiger partial charge on any atom is -0.481 e. The molecule has 7 nitrogen and oxygen atoms in total. The molecule has 0 spiro atoms. The van der Waals surface area contributed by atoms with Crippen molar-refractivity contribution in [1.82, 2.24) is 5.32 Å². The molecule has 0 aliphatic rings. The number of methoxy groups -OCH3 is 1. The molecule has 106 valence electrons. The summed E-state index contributed by atoms with van der Waals surface area (Å²) in [5.41, 5.74) is 4.44. The SMILES string of the molecule is COCCC(C)(O)CNC(=O)C(N)CCC(=O)O. The number of carbonyl (C=O) groups excluding carboxylic acids is 1. The lowest BCUT2D eigenvalue weighted by molar-refractivity contribution is -0.137. The second-order valence-electron chi connectivity index (χ2n) is 4.50. The summed E-state index contributed by atoms with van der Waals surface area (Å²) in [5.74, 6) is -1.46. The van der Waals surface area contributed by atoms with E-state index in [1.165, 1.54) is 7.11 Å². The van der Waals surface area contributed by atoms with Gasteiger partial charge in [0, 0.05) is 33.1 Å². The van der Waals surface area contributed by atoms with Crippen LogP contribution in [0.25, 0.3) is 0 Å². The Labute approximate surface area is 106 Å². The summed E-state index contributed by atoms with van der Waals surface area (Å²) >= 11 is 0. The highest BCUT2D eigenvalue weighted by atomic mass is 16.5. The second kappa shape index (κ2) is 8.02. The van der Waals surface area contributed by atoms with Crippen molar-refractivity contribution in [2.24, 2.45) is 5.73 Å². The highest BCUT2D eigenvalue weighted by Crippen LogP contribution is 2.07. The van der Waals surface area contributed by atoms with E-state index in [1.54, 1.807) is 6.92 Å². The maximum atomic E-state index is 11.5. The molecule has 2 atom stereocenters. The van der Waals surface area contributed by atoms with E-state index in [0.29, 0.717) is 13.0 Å². The molecule has 0 aromatic carbocycles. The molecule has 0 fully saturated rings. The van der Waals surface area contributed by atoms with Gasteiger partial charge >= 0.3 is 5.97 Å². The molecule has 0 aliphatic heterocycles. The van der Waals surface area contributed by atoms with Gasteiger partial charge in [-0.25, -0.2) is 0 Å². The maximum Gasteiger partial charge on any atom is 0.303 e. The van der Waals surface area contributed by atoms with Crippen molar-refractivity contribution in [2.45, 2.75) is 37.8 Å². The summed E-state index contributed by atoms with van der Waals surface area (Å²) in [5, 5.41) is 20.8. The minimum atomic E-state index is -1.07. The van der Waals surface area contributed by atoms with E-state index in [9.17, 15) is 14.7 Å². The molecule has 0 aromatic heterocycles. The Hall–Kier alpha value is -1.18. The van der Waals surface area contributed by atoms with Crippen molar-refractivity contribution in [3.05, 3.63) is 0 Å². The molecule has 0 aromatic rings. The van der Waals surface area contributed by atoms with Crippen LogP contribution in [-0.4, -0.2) is 54.0 Å². The summed E-state index contributed by atoms with van der Waals surface area (Å²) in [6.45, 7) is 2.01. The zero-order chi connectivity index (χ0) is 14.2. The number of carbonyl (C=O) groups is 2. The molecular weight excluding hydrogens is 240 g/mol. The molecule has 18 heavy (non-hydrogen) atoms. The third-order valence-electron chi connectivity index (χ3n) is 2.49. The van der Waals surface area contributed by atoms with Crippen LogP contribution in [0.4, 0.5) is 0 Å². The molecule has 0 heterocycles. The summed E-state index contributed by atoms with van der Waals surface area (Å²) < 4.78 is 4.83. The number of aliphatic hydroxyl groups is 1. The molecule has 0 saturated carbocycles. The van der Waals surface area contributed by atoms with Gasteiger partial charge in [0.1, 0.15) is 0 Å². The van der Waals surface area contributed by atoms with E-state index in [0.717, 1.165) is 0 Å². The van der Waals surface area contributed by atoms with Crippen LogP contribution in [0.15, 0.2) is 0 Å². The lowest BCUT2D eigenvalue weighted by atomic mass is 10.0. The Morgan fingerprint density at radius 1 is 1.50 bits per heavy atom. The van der Waals surface area contributed by atoms with Gasteiger partial charge in [-0.2, -0.15) is 0 Å². The van der Waals surface area contributed by atoms with Crippen molar-refractivity contribution < 1.29 is 24.5 Å². The fourth-order valence-electron chi connectivity index (χ4n) is 1.23. The van der Waals surface area contributed by atoms with Crippen LogP contribution < -0.4 is 11.1 Å². The van der Waals surface area contributed by atoms with E-state index >= 15 is 0 Å². The van der Waals surface area contributed by atoms with Crippen LogP contribution in [-0.2, 0) is 14.3 Å². The number of aliphatic carboxylic acids is 1. The number of rotatable bonds is 9. The Morgan fingerprint density at radius 2 is 2.11 bits per heavy atom. The Kier molecular flexibility index (Phi) is 7.49. The zero-order valence-electron chi connectivity index (χ0n) is 10.8. The lowest BCUT2D eigenvalue weighted by Gasteiger charge is -2.24. The van der Waals surface area contributed by atoms with Gasteiger partial charge < -0.3 is 26.0 Å². The Morgan fingerprint density at radius 3 is 2.61 bits per heavy atom. The summed E-state index contributed by atoms with van der Waals surface area (Å²) in [6.07, 6.45) is 0.296. The van der Waals surface area contributed by atoms with Crippen LogP contribution in [0.3, 0.4) is 0 Å². The number of nitrogens with two attached hydrogens (primary N) is 1. The van der Waals surface area contributed by atoms with Gasteiger partial charge in [0.15, 0.2) is 0 Å². The normalized spacial score (nSPS) is 15.8. The number of hydrogen-bond acceptors (Lipinski definition) is 5. The maximum absolute atomic E-state index is 11.5. The summed E-state index contributed by atoms with van der Waals surface area (Å²) in [7, 11) is 1.52. The standard InChI is InChI=1S/C11H22N2O5/c1-11(17,5-6-18-2)7-13-10(16)8(12)3-4-9(14)15/h8,17H,3-7,12H2,1-2H3,(H,13,16)(H,14,15). The third kappa shape index (κ3) is 7.99. The van der Waals surface area contributed by atoms with Crippen LogP contribution >= 0.6 is 0 Å². The monoisotopic (exact) mass is 262 g/mol. The predicted octanol–water partition coefficient (Wildman–Crippen LogP) is -0.918. The van der Waals surface area contributed by atoms with Gasteiger partial charge in [-0.3, -0.25) is 9.59 Å². The quantitative estimate of drug-likeness (QED) is 0.426. The number of hydrogen-bond donors (Lipinski definition) is 4. The molecule has 0 radical (unpaired) electrons. The average Bonchev–Trinajstić information content (AvgIpc) is 2.30.